The molecule has 1 unspecified atom stereocenters. The summed E-state index contributed by atoms with van der Waals surface area (Å²) in [5.74, 6) is 0.699. The fraction of sp³-hybridized carbons (Fsp3) is 0.381. The number of aliphatic imine (C=N–C) groups is 1. The summed E-state index contributed by atoms with van der Waals surface area (Å²) in [6, 6.07) is 11.5. The Hall–Kier alpha value is -2.58. The molecule has 3 heterocycles. The van der Waals surface area contributed by atoms with Crippen molar-refractivity contribution in [2.24, 2.45) is 10.7 Å². The molecular weight excluding hydrogens is 386 g/mol. The molecule has 1 aromatic carbocycles. The third-order valence-corrected chi connectivity index (χ3v) is 6.09. The van der Waals surface area contributed by atoms with Crippen LogP contribution in [-0.4, -0.2) is 48.1 Å². The molecule has 152 valence electrons. The number of anilines is 2. The summed E-state index contributed by atoms with van der Waals surface area (Å²) in [4.78, 5) is 23.9. The van der Waals surface area contributed by atoms with Gasteiger partial charge in [-0.3, -0.25) is 9.79 Å². The maximum atomic E-state index is 12.7. The van der Waals surface area contributed by atoms with E-state index in [1.54, 1.807) is 24.0 Å². The molecule has 2 aliphatic rings. The summed E-state index contributed by atoms with van der Waals surface area (Å²) >= 11 is 1.58. The van der Waals surface area contributed by atoms with E-state index in [2.05, 4.69) is 27.1 Å². The van der Waals surface area contributed by atoms with E-state index < -0.39 is 0 Å². The van der Waals surface area contributed by atoms with Crippen LogP contribution in [0, 0.1) is 0 Å². The van der Waals surface area contributed by atoms with Gasteiger partial charge < -0.3 is 20.7 Å². The number of aromatic nitrogens is 1. The zero-order chi connectivity index (χ0) is 20.3. The highest BCUT2D eigenvalue weighted by atomic mass is 32.2. The first-order chi connectivity index (χ1) is 14.0. The summed E-state index contributed by atoms with van der Waals surface area (Å²) in [5, 5.41) is 3.55. The number of benzene rings is 1. The van der Waals surface area contributed by atoms with Crippen molar-refractivity contribution in [1.82, 2.24) is 4.98 Å². The summed E-state index contributed by atoms with van der Waals surface area (Å²) in [7, 11) is 0. The lowest BCUT2D eigenvalue weighted by Crippen LogP contribution is -2.36. The molecule has 0 saturated carbocycles. The Bertz CT molecular complexity index is 912. The molecule has 4 rings (SSSR count). The van der Waals surface area contributed by atoms with Crippen molar-refractivity contribution in [1.29, 1.82) is 0 Å². The molecule has 1 atom stereocenters. The molecule has 2 aliphatic heterocycles. The van der Waals surface area contributed by atoms with E-state index >= 15 is 0 Å². The number of carbonyl (C=O) groups excluding carboxylic acids is 1. The normalized spacial score (nSPS) is 22.1. The number of nitrogens with zero attached hydrogens (tertiary/aromatic N) is 3. The number of amidine groups is 1. The topological polar surface area (TPSA) is 92.8 Å². The van der Waals surface area contributed by atoms with Gasteiger partial charge in [0.2, 0.25) is 0 Å². The second-order valence-electron chi connectivity index (χ2n) is 7.36. The SMILES string of the molecule is CC1(c2cccc(NC(=O)c3ccc(N4CCOCC4)cn3)c2)CCSC(N)=N1. The zero-order valence-corrected chi connectivity index (χ0v) is 17.2. The number of thioether (sulfide) groups is 1. The molecule has 0 spiro atoms. The molecule has 1 amide bonds. The molecule has 1 aromatic heterocycles. The lowest BCUT2D eigenvalue weighted by Gasteiger charge is -2.30. The van der Waals surface area contributed by atoms with E-state index in [1.807, 2.05) is 30.3 Å². The Labute approximate surface area is 174 Å². The number of nitrogens with two attached hydrogens (primary N) is 1. The highest BCUT2D eigenvalue weighted by Gasteiger charge is 2.29. The highest BCUT2D eigenvalue weighted by molar-refractivity contribution is 8.13. The van der Waals surface area contributed by atoms with Crippen LogP contribution in [0.3, 0.4) is 0 Å². The maximum Gasteiger partial charge on any atom is 0.274 e. The number of nitrogens with one attached hydrogen (secondary N) is 1. The van der Waals surface area contributed by atoms with Gasteiger partial charge in [-0.05, 0) is 43.2 Å². The van der Waals surface area contributed by atoms with Gasteiger partial charge in [0.1, 0.15) is 5.69 Å². The highest BCUT2D eigenvalue weighted by Crippen LogP contribution is 2.35. The second-order valence-corrected chi connectivity index (χ2v) is 8.47. The smallest absolute Gasteiger partial charge is 0.274 e. The van der Waals surface area contributed by atoms with E-state index in [1.165, 1.54) is 0 Å². The van der Waals surface area contributed by atoms with Crippen LogP contribution in [0.25, 0.3) is 0 Å². The van der Waals surface area contributed by atoms with Crippen LogP contribution in [0.15, 0.2) is 47.6 Å². The molecular formula is C21H25N5O2S. The van der Waals surface area contributed by atoms with Crippen molar-refractivity contribution in [2.45, 2.75) is 18.9 Å². The number of pyridine rings is 1. The zero-order valence-electron chi connectivity index (χ0n) is 16.4. The molecule has 1 saturated heterocycles. The van der Waals surface area contributed by atoms with Crippen LogP contribution in [0.2, 0.25) is 0 Å². The second kappa shape index (κ2) is 8.42. The van der Waals surface area contributed by atoms with Crippen LogP contribution in [0.1, 0.15) is 29.4 Å². The molecule has 0 radical (unpaired) electrons. The quantitative estimate of drug-likeness (QED) is 0.804. The third kappa shape index (κ3) is 4.54. The maximum absolute atomic E-state index is 12.7. The average molecular weight is 412 g/mol. The van der Waals surface area contributed by atoms with E-state index in [0.717, 1.165) is 42.2 Å². The lowest BCUT2D eigenvalue weighted by atomic mass is 9.89. The van der Waals surface area contributed by atoms with Crippen LogP contribution in [-0.2, 0) is 10.3 Å². The number of hydrogen-bond acceptors (Lipinski definition) is 7. The van der Waals surface area contributed by atoms with Gasteiger partial charge in [-0.1, -0.05) is 23.9 Å². The Morgan fingerprint density at radius 2 is 2.10 bits per heavy atom. The van der Waals surface area contributed by atoms with Crippen LogP contribution in [0.4, 0.5) is 11.4 Å². The molecule has 0 bridgehead atoms. The van der Waals surface area contributed by atoms with Gasteiger partial charge in [-0.15, -0.1) is 0 Å². The summed E-state index contributed by atoms with van der Waals surface area (Å²) in [6.45, 7) is 5.18. The van der Waals surface area contributed by atoms with E-state index in [0.29, 0.717) is 24.1 Å². The number of rotatable bonds is 4. The van der Waals surface area contributed by atoms with Crippen molar-refractivity contribution < 1.29 is 9.53 Å². The van der Waals surface area contributed by atoms with Gasteiger partial charge >= 0.3 is 0 Å². The largest absolute Gasteiger partial charge is 0.379 e. The molecule has 29 heavy (non-hydrogen) atoms. The first kappa shape index (κ1) is 19.7. The Balaban J connectivity index is 1.46. The fourth-order valence-corrected chi connectivity index (χ4v) is 4.53. The van der Waals surface area contributed by atoms with E-state index in [9.17, 15) is 4.79 Å². The summed E-state index contributed by atoms with van der Waals surface area (Å²) in [6.07, 6.45) is 2.65. The molecule has 2 aromatic rings. The molecule has 8 heteroatoms. The number of ether oxygens (including phenoxy) is 1. The van der Waals surface area contributed by atoms with Gasteiger partial charge in [-0.25, -0.2) is 4.98 Å². The van der Waals surface area contributed by atoms with Gasteiger partial charge in [-0.2, -0.15) is 0 Å². The standard InChI is InChI=1S/C21H25N5O2S/c1-21(7-12-29-20(22)25-21)15-3-2-4-16(13-15)24-19(27)18-6-5-17(14-23-18)26-8-10-28-11-9-26/h2-6,13-14H,7-12H2,1H3,(H2,22,25)(H,24,27). The van der Waals surface area contributed by atoms with Crippen molar-refractivity contribution in [3.8, 4) is 0 Å². The lowest BCUT2D eigenvalue weighted by molar-refractivity contribution is 0.102. The first-order valence-corrected chi connectivity index (χ1v) is 10.7. The van der Waals surface area contributed by atoms with Gasteiger partial charge in [0.25, 0.3) is 5.91 Å². The van der Waals surface area contributed by atoms with Gasteiger partial charge in [0.15, 0.2) is 5.17 Å². The van der Waals surface area contributed by atoms with E-state index in [-0.39, 0.29) is 11.4 Å². The first-order valence-electron chi connectivity index (χ1n) is 9.72. The van der Waals surface area contributed by atoms with E-state index in [4.69, 9.17) is 10.5 Å². The fourth-order valence-electron chi connectivity index (χ4n) is 3.55. The predicted molar refractivity (Wildman–Crippen MR) is 118 cm³/mol. The number of morpholine rings is 1. The van der Waals surface area contributed by atoms with Crippen LogP contribution < -0.4 is 16.0 Å². The van der Waals surface area contributed by atoms with Gasteiger partial charge in [0.05, 0.1) is 30.6 Å². The van der Waals surface area contributed by atoms with Gasteiger partial charge in [0, 0.05) is 24.5 Å². The predicted octanol–water partition coefficient (Wildman–Crippen LogP) is 2.84. The minimum Gasteiger partial charge on any atom is -0.379 e. The monoisotopic (exact) mass is 411 g/mol. The summed E-state index contributed by atoms with van der Waals surface area (Å²) < 4.78 is 5.37. The molecule has 1 fully saturated rings. The van der Waals surface area contributed by atoms with Crippen molar-refractivity contribution in [3.05, 3.63) is 53.9 Å². The number of carbonyl (C=O) groups is 1. The van der Waals surface area contributed by atoms with Crippen molar-refractivity contribution in [2.75, 3.05) is 42.3 Å². The Morgan fingerprint density at radius 3 is 2.83 bits per heavy atom. The van der Waals surface area contributed by atoms with Crippen LogP contribution >= 0.6 is 11.8 Å². The minimum absolute atomic E-state index is 0.233. The van der Waals surface area contributed by atoms with Crippen molar-refractivity contribution >= 4 is 34.2 Å². The van der Waals surface area contributed by atoms with Crippen LogP contribution in [0.5, 0.6) is 0 Å². The molecule has 0 aliphatic carbocycles. The number of amides is 1. The average Bonchev–Trinajstić information content (AvgIpc) is 2.74. The van der Waals surface area contributed by atoms with Crippen molar-refractivity contribution in [3.63, 3.8) is 0 Å². The third-order valence-electron chi connectivity index (χ3n) is 5.29. The molecule has 7 nitrogen and oxygen atoms in total. The Morgan fingerprint density at radius 1 is 1.28 bits per heavy atom. The summed E-state index contributed by atoms with van der Waals surface area (Å²) in [5.41, 5.74) is 8.71. The minimum atomic E-state index is -0.367. The number of hydrogen-bond donors (Lipinski definition) is 2. The molecule has 3 N–H and O–H groups in total. The Kier molecular flexibility index (Phi) is 5.73.